The summed E-state index contributed by atoms with van der Waals surface area (Å²) in [7, 11) is 1.96. The molecule has 0 saturated carbocycles. The third kappa shape index (κ3) is 1.21. The Balaban J connectivity index is 2.77. The minimum Gasteiger partial charge on any atom is -0.297 e. The van der Waals surface area contributed by atoms with Gasteiger partial charge in [0.05, 0.1) is 6.04 Å². The predicted octanol–water partition coefficient (Wildman–Crippen LogP) is 1.95. The molecule has 2 heteroatoms. The van der Waals surface area contributed by atoms with Crippen molar-refractivity contribution in [2.75, 3.05) is 13.6 Å². The van der Waals surface area contributed by atoms with E-state index in [0.717, 1.165) is 18.5 Å². The van der Waals surface area contributed by atoms with E-state index in [0.29, 0.717) is 0 Å². The number of hydrogen-bond acceptors (Lipinski definition) is 1. The lowest BCUT2D eigenvalue weighted by molar-refractivity contribution is 0.239. The maximum Gasteiger partial charge on any atom is 0.116 e. The minimum atomic E-state index is -0.00579. The number of hydrogen-bond donors (Lipinski definition) is 0. The fraction of sp³-hybridized carbons (Fsp3) is 0.750. The molecule has 0 aromatic carbocycles. The normalized spacial score (nSPS) is 29.4. The first kappa shape index (κ1) is 7.73. The zero-order chi connectivity index (χ0) is 7.72. The fourth-order valence-corrected chi connectivity index (χ4v) is 1.21. The molecule has 0 N–H and O–H groups in total. The Morgan fingerprint density at radius 1 is 1.60 bits per heavy atom. The first-order valence-corrected chi connectivity index (χ1v) is 3.68. The lowest BCUT2D eigenvalue weighted by Crippen LogP contribution is -2.34. The fourth-order valence-electron chi connectivity index (χ4n) is 1.21. The monoisotopic (exact) mass is 143 g/mol. The Morgan fingerprint density at radius 3 is 2.70 bits per heavy atom. The van der Waals surface area contributed by atoms with Gasteiger partial charge in [-0.05, 0) is 32.9 Å². The van der Waals surface area contributed by atoms with Crippen LogP contribution in [0.1, 0.15) is 20.3 Å². The molecule has 1 nitrogen and oxygen atoms in total. The molecule has 0 radical (unpaired) electrons. The van der Waals surface area contributed by atoms with Gasteiger partial charge in [0.25, 0.3) is 0 Å². The van der Waals surface area contributed by atoms with Gasteiger partial charge in [-0.15, -0.1) is 0 Å². The average molecular weight is 143 g/mol. The highest BCUT2D eigenvalue weighted by Crippen LogP contribution is 2.22. The summed E-state index contributed by atoms with van der Waals surface area (Å²) in [5, 5.41) is 0. The molecule has 1 heterocycles. The molecule has 0 aromatic rings. The first-order chi connectivity index (χ1) is 4.63. The molecule has 0 amide bonds. The van der Waals surface area contributed by atoms with Crippen molar-refractivity contribution in [3.8, 4) is 0 Å². The molecule has 1 rings (SSSR count). The van der Waals surface area contributed by atoms with Crippen LogP contribution < -0.4 is 0 Å². The van der Waals surface area contributed by atoms with Crippen molar-refractivity contribution in [2.45, 2.75) is 26.3 Å². The average Bonchev–Trinajstić information content (AvgIpc) is 1.93. The van der Waals surface area contributed by atoms with E-state index in [9.17, 15) is 4.39 Å². The summed E-state index contributed by atoms with van der Waals surface area (Å²) in [6.45, 7) is 4.76. The lowest BCUT2D eigenvalue weighted by atomic mass is 10.0. The third-order valence-corrected chi connectivity index (χ3v) is 2.28. The summed E-state index contributed by atoms with van der Waals surface area (Å²) >= 11 is 0. The molecule has 10 heavy (non-hydrogen) atoms. The molecule has 0 spiro atoms. The van der Waals surface area contributed by atoms with Gasteiger partial charge in [0.2, 0.25) is 0 Å². The maximum absolute atomic E-state index is 13.1. The molecular weight excluding hydrogens is 129 g/mol. The van der Waals surface area contributed by atoms with Gasteiger partial charge in [-0.1, -0.05) is 0 Å². The number of rotatable bonds is 0. The minimum absolute atomic E-state index is 0.00579. The molecule has 58 valence electrons. The van der Waals surface area contributed by atoms with Gasteiger partial charge in [0.1, 0.15) is 5.83 Å². The number of halogens is 1. The molecule has 0 unspecified atom stereocenters. The van der Waals surface area contributed by atoms with E-state index in [1.165, 1.54) is 0 Å². The van der Waals surface area contributed by atoms with Gasteiger partial charge in [-0.25, -0.2) is 4.39 Å². The van der Waals surface area contributed by atoms with Crippen LogP contribution in [0, 0.1) is 0 Å². The van der Waals surface area contributed by atoms with E-state index < -0.39 is 0 Å². The van der Waals surface area contributed by atoms with Crippen LogP contribution in [0.25, 0.3) is 0 Å². The standard InChI is InChI=1S/C8H14FN/c1-6-4-5-10(3)7(2)8(6)9/h7H,4-5H2,1-3H3/t7-/m1/s1. The molecule has 1 atom stereocenters. The largest absolute Gasteiger partial charge is 0.297 e. The van der Waals surface area contributed by atoms with Crippen molar-refractivity contribution in [3.63, 3.8) is 0 Å². The molecule has 0 aromatic heterocycles. The highest BCUT2D eigenvalue weighted by molar-refractivity contribution is 5.14. The van der Waals surface area contributed by atoms with Gasteiger partial charge < -0.3 is 0 Å². The summed E-state index contributed by atoms with van der Waals surface area (Å²) in [5.41, 5.74) is 0.922. The van der Waals surface area contributed by atoms with E-state index in [4.69, 9.17) is 0 Å². The lowest BCUT2D eigenvalue weighted by Gasteiger charge is -2.29. The van der Waals surface area contributed by atoms with Crippen LogP contribution in [0.15, 0.2) is 11.4 Å². The second-order valence-corrected chi connectivity index (χ2v) is 3.03. The summed E-state index contributed by atoms with van der Waals surface area (Å²) in [5.74, 6) is 0.0637. The second kappa shape index (κ2) is 2.70. The number of nitrogens with zero attached hydrogens (tertiary/aromatic N) is 1. The van der Waals surface area contributed by atoms with Crippen molar-refractivity contribution in [2.24, 2.45) is 0 Å². The Labute approximate surface area is 61.5 Å². The molecular formula is C8H14FN. The molecule has 1 aliphatic heterocycles. The van der Waals surface area contributed by atoms with Gasteiger partial charge in [-0.3, -0.25) is 4.90 Å². The Morgan fingerprint density at radius 2 is 2.20 bits per heavy atom. The molecule has 0 saturated heterocycles. The van der Waals surface area contributed by atoms with Crippen LogP contribution in [0.2, 0.25) is 0 Å². The van der Waals surface area contributed by atoms with Gasteiger partial charge in [0, 0.05) is 6.54 Å². The molecule has 0 bridgehead atoms. The van der Waals surface area contributed by atoms with Crippen LogP contribution in [-0.2, 0) is 0 Å². The maximum atomic E-state index is 13.1. The summed E-state index contributed by atoms with van der Waals surface area (Å²) in [4.78, 5) is 2.03. The van der Waals surface area contributed by atoms with E-state index in [2.05, 4.69) is 0 Å². The Hall–Kier alpha value is -0.370. The first-order valence-electron chi connectivity index (χ1n) is 3.68. The zero-order valence-electron chi connectivity index (χ0n) is 6.82. The van der Waals surface area contributed by atoms with E-state index in [1.54, 1.807) is 0 Å². The van der Waals surface area contributed by atoms with E-state index >= 15 is 0 Å². The highest BCUT2D eigenvalue weighted by atomic mass is 19.1. The third-order valence-electron chi connectivity index (χ3n) is 2.28. The summed E-state index contributed by atoms with van der Waals surface area (Å²) in [6, 6.07) is -0.00579. The van der Waals surface area contributed by atoms with Gasteiger partial charge in [-0.2, -0.15) is 0 Å². The van der Waals surface area contributed by atoms with Crippen LogP contribution in [-0.4, -0.2) is 24.5 Å². The number of likely N-dealkylation sites (N-methyl/N-ethyl adjacent to an activating group) is 1. The van der Waals surface area contributed by atoms with Crippen LogP contribution in [0.5, 0.6) is 0 Å². The van der Waals surface area contributed by atoms with Crippen molar-refractivity contribution < 1.29 is 4.39 Å². The molecule has 0 aliphatic carbocycles. The Kier molecular flexibility index (Phi) is 2.09. The Bertz CT molecular complexity index is 163. The smallest absolute Gasteiger partial charge is 0.116 e. The predicted molar refractivity (Wildman–Crippen MR) is 40.5 cm³/mol. The van der Waals surface area contributed by atoms with Crippen molar-refractivity contribution >= 4 is 0 Å². The summed E-state index contributed by atoms with van der Waals surface area (Å²) in [6.07, 6.45) is 0.882. The zero-order valence-corrected chi connectivity index (χ0v) is 6.82. The highest BCUT2D eigenvalue weighted by Gasteiger charge is 2.20. The van der Waals surface area contributed by atoms with Gasteiger partial charge >= 0.3 is 0 Å². The quantitative estimate of drug-likeness (QED) is 0.501. The summed E-state index contributed by atoms with van der Waals surface area (Å²) < 4.78 is 13.1. The molecule has 1 aliphatic rings. The van der Waals surface area contributed by atoms with Crippen molar-refractivity contribution in [3.05, 3.63) is 11.4 Å². The SMILES string of the molecule is CC1=C(F)[C@@H](C)N(C)CC1. The van der Waals surface area contributed by atoms with E-state index in [-0.39, 0.29) is 11.9 Å². The van der Waals surface area contributed by atoms with Crippen molar-refractivity contribution in [1.29, 1.82) is 0 Å². The van der Waals surface area contributed by atoms with E-state index in [1.807, 2.05) is 25.8 Å². The van der Waals surface area contributed by atoms with Gasteiger partial charge in [0.15, 0.2) is 0 Å². The molecule has 0 fully saturated rings. The van der Waals surface area contributed by atoms with Crippen molar-refractivity contribution in [1.82, 2.24) is 4.90 Å². The van der Waals surface area contributed by atoms with Crippen LogP contribution in [0.4, 0.5) is 4.39 Å². The second-order valence-electron chi connectivity index (χ2n) is 3.03. The topological polar surface area (TPSA) is 3.24 Å². The van der Waals surface area contributed by atoms with Crippen LogP contribution >= 0.6 is 0 Å². The van der Waals surface area contributed by atoms with Crippen LogP contribution in [0.3, 0.4) is 0 Å².